The van der Waals surface area contributed by atoms with Crippen LogP contribution < -0.4 is 0 Å². The van der Waals surface area contributed by atoms with Crippen molar-refractivity contribution in [3.8, 4) is 89.3 Å². The first-order chi connectivity index (χ1) is 33.7. The molecule has 0 radical (unpaired) electrons. The zero-order valence-corrected chi connectivity index (χ0v) is 37.1. The minimum absolute atomic E-state index is 1.15. The van der Waals surface area contributed by atoms with Gasteiger partial charge in [-0.15, -0.1) is 0 Å². The molecular formula is C66H42N2. The molecule has 0 unspecified atom stereocenters. The maximum absolute atomic E-state index is 2.51. The smallest absolute Gasteiger partial charge is 0.0620 e. The number of benzene rings is 11. The molecule has 1 aliphatic rings. The van der Waals surface area contributed by atoms with Crippen molar-refractivity contribution >= 4 is 43.6 Å². The summed E-state index contributed by atoms with van der Waals surface area (Å²) < 4.78 is 4.91. The van der Waals surface area contributed by atoms with Gasteiger partial charge in [0.25, 0.3) is 0 Å². The van der Waals surface area contributed by atoms with Crippen LogP contribution in [-0.2, 0) is 0 Å². The van der Waals surface area contributed by atoms with Crippen molar-refractivity contribution in [1.29, 1.82) is 0 Å². The number of hydrogen-bond donors (Lipinski definition) is 0. The van der Waals surface area contributed by atoms with Crippen molar-refractivity contribution in [3.05, 3.63) is 255 Å². The van der Waals surface area contributed by atoms with E-state index in [1.807, 2.05) is 0 Å². The summed E-state index contributed by atoms with van der Waals surface area (Å²) in [5.74, 6) is 0. The maximum atomic E-state index is 2.51. The fourth-order valence-electron chi connectivity index (χ4n) is 11.0. The van der Waals surface area contributed by atoms with Crippen LogP contribution in [0, 0.1) is 0 Å². The van der Waals surface area contributed by atoms with Crippen LogP contribution in [0.15, 0.2) is 255 Å². The zero-order valence-electron chi connectivity index (χ0n) is 37.1. The Labute approximate surface area is 394 Å². The van der Waals surface area contributed by atoms with Gasteiger partial charge in [-0.2, -0.15) is 0 Å². The lowest BCUT2D eigenvalue weighted by molar-refractivity contribution is 1.18. The Balaban J connectivity index is 0.842. The van der Waals surface area contributed by atoms with Gasteiger partial charge in [-0.05, 0) is 133 Å². The lowest BCUT2D eigenvalue weighted by Gasteiger charge is -2.14. The molecule has 68 heavy (non-hydrogen) atoms. The quantitative estimate of drug-likeness (QED) is 0.158. The van der Waals surface area contributed by atoms with Gasteiger partial charge in [-0.3, -0.25) is 0 Å². The van der Waals surface area contributed by atoms with Gasteiger partial charge in [0.1, 0.15) is 0 Å². The molecule has 0 N–H and O–H groups in total. The van der Waals surface area contributed by atoms with E-state index in [4.69, 9.17) is 0 Å². The molecule has 0 saturated heterocycles. The van der Waals surface area contributed by atoms with Crippen LogP contribution >= 0.6 is 0 Å². The van der Waals surface area contributed by atoms with Crippen LogP contribution in [0.25, 0.3) is 133 Å². The second kappa shape index (κ2) is 15.3. The topological polar surface area (TPSA) is 9.86 Å². The van der Waals surface area contributed by atoms with E-state index in [0.29, 0.717) is 0 Å². The highest BCUT2D eigenvalue weighted by molar-refractivity contribution is 6.18. The molecule has 1 aliphatic heterocycles. The molecule has 0 bridgehead atoms. The molecular weight excluding hydrogens is 821 g/mol. The van der Waals surface area contributed by atoms with Gasteiger partial charge in [0, 0.05) is 38.4 Å². The minimum Gasteiger partial charge on any atom is -0.309 e. The SMILES string of the molecule is c1ccc(-c2cccc(-c3ccc(-n4c5ccccc5c5cc(-c6ccc(-c7cc8c9c(c7)c7ccccc7n9-c7ccc(-c9ccccc9)cc7-c7ccccc7-8)cc6)ccc54)cc3)c2)cc1. The second-order valence-corrected chi connectivity index (χ2v) is 18.1. The highest BCUT2D eigenvalue weighted by atomic mass is 15.0. The summed E-state index contributed by atoms with van der Waals surface area (Å²) in [6.45, 7) is 0. The lowest BCUT2D eigenvalue weighted by atomic mass is 9.90. The van der Waals surface area contributed by atoms with Crippen LogP contribution in [0.4, 0.5) is 0 Å². The van der Waals surface area contributed by atoms with Gasteiger partial charge >= 0.3 is 0 Å². The monoisotopic (exact) mass is 862 g/mol. The second-order valence-electron chi connectivity index (χ2n) is 18.1. The van der Waals surface area contributed by atoms with Crippen molar-refractivity contribution < 1.29 is 0 Å². The van der Waals surface area contributed by atoms with E-state index in [1.54, 1.807) is 0 Å². The highest BCUT2D eigenvalue weighted by Crippen LogP contribution is 2.49. The Bertz CT molecular complexity index is 4100. The van der Waals surface area contributed by atoms with E-state index in [2.05, 4.69) is 264 Å². The van der Waals surface area contributed by atoms with Gasteiger partial charge in [0.15, 0.2) is 0 Å². The molecule has 0 aliphatic carbocycles. The fraction of sp³-hybridized carbons (Fsp3) is 0. The molecule has 0 spiro atoms. The van der Waals surface area contributed by atoms with Crippen molar-refractivity contribution in [2.75, 3.05) is 0 Å². The molecule has 14 rings (SSSR count). The molecule has 3 heterocycles. The van der Waals surface area contributed by atoms with E-state index >= 15 is 0 Å². The largest absolute Gasteiger partial charge is 0.309 e. The van der Waals surface area contributed by atoms with Crippen molar-refractivity contribution in [1.82, 2.24) is 9.13 Å². The number of aromatic nitrogens is 2. The summed E-state index contributed by atoms with van der Waals surface area (Å²) in [5, 5.41) is 5.02. The van der Waals surface area contributed by atoms with Gasteiger partial charge in [0.05, 0.1) is 27.8 Å². The zero-order chi connectivity index (χ0) is 44.7. The van der Waals surface area contributed by atoms with Gasteiger partial charge in [-0.25, -0.2) is 0 Å². The number of rotatable bonds is 6. The number of para-hydroxylation sites is 2. The van der Waals surface area contributed by atoms with Gasteiger partial charge in [-0.1, -0.05) is 188 Å². The predicted molar refractivity (Wildman–Crippen MR) is 287 cm³/mol. The van der Waals surface area contributed by atoms with E-state index in [1.165, 1.54) is 127 Å². The summed E-state index contributed by atoms with van der Waals surface area (Å²) in [7, 11) is 0. The third kappa shape index (κ3) is 6.05. The number of fused-ring (bicyclic) bond motifs is 11. The molecule has 2 heteroatoms. The summed E-state index contributed by atoms with van der Waals surface area (Å²) in [6, 6.07) is 93.8. The summed E-state index contributed by atoms with van der Waals surface area (Å²) in [6.07, 6.45) is 0. The van der Waals surface area contributed by atoms with E-state index in [9.17, 15) is 0 Å². The molecule has 0 fully saturated rings. The standard InChI is InChI=1S/C66H42N2/c1-3-14-43(15-4-1)48-18-13-19-49(38-48)46-30-34-53(35-31-46)67-62-24-11-9-22-56(62)59-40-51(32-36-64(59)67)45-26-28-47(29-27-45)52-41-60-55-21-8-7-20-54(55)58-39-50(44-16-5-2-6-17-44)33-37-65(58)68-63-25-12-10-23-57(63)61(42-52)66(60)68/h1-42H. The Morgan fingerprint density at radius 2 is 0.632 bits per heavy atom. The first kappa shape index (κ1) is 38.3. The summed E-state index contributed by atoms with van der Waals surface area (Å²) >= 11 is 0. The average molecular weight is 863 g/mol. The third-order valence-electron chi connectivity index (χ3n) is 14.3. The van der Waals surface area contributed by atoms with Crippen LogP contribution in [0.3, 0.4) is 0 Å². The molecule has 11 aromatic carbocycles. The molecule has 2 nitrogen and oxygen atoms in total. The molecule has 0 atom stereocenters. The fourth-order valence-corrected chi connectivity index (χ4v) is 11.0. The first-order valence-electron chi connectivity index (χ1n) is 23.5. The molecule has 316 valence electrons. The van der Waals surface area contributed by atoms with Crippen LogP contribution in [-0.4, -0.2) is 9.13 Å². The maximum Gasteiger partial charge on any atom is 0.0620 e. The van der Waals surface area contributed by atoms with Crippen molar-refractivity contribution in [3.63, 3.8) is 0 Å². The lowest BCUT2D eigenvalue weighted by Crippen LogP contribution is -1.96. The minimum atomic E-state index is 1.15. The molecule has 2 aromatic heterocycles. The van der Waals surface area contributed by atoms with E-state index in [0.717, 1.165) is 5.69 Å². The van der Waals surface area contributed by atoms with Crippen LogP contribution in [0.5, 0.6) is 0 Å². The third-order valence-corrected chi connectivity index (χ3v) is 14.3. The Morgan fingerprint density at radius 3 is 1.31 bits per heavy atom. The van der Waals surface area contributed by atoms with Crippen LogP contribution in [0.2, 0.25) is 0 Å². The molecule has 0 amide bonds. The van der Waals surface area contributed by atoms with Gasteiger partial charge < -0.3 is 9.13 Å². The van der Waals surface area contributed by atoms with Gasteiger partial charge in [0.2, 0.25) is 0 Å². The van der Waals surface area contributed by atoms with E-state index in [-0.39, 0.29) is 0 Å². The van der Waals surface area contributed by atoms with Crippen molar-refractivity contribution in [2.24, 2.45) is 0 Å². The average Bonchev–Trinajstić information content (AvgIpc) is 3.89. The highest BCUT2D eigenvalue weighted by Gasteiger charge is 2.26. The summed E-state index contributed by atoms with van der Waals surface area (Å²) in [5.41, 5.74) is 24.3. The Morgan fingerprint density at radius 1 is 0.206 bits per heavy atom. The first-order valence-corrected chi connectivity index (χ1v) is 23.5. The number of nitrogens with zero attached hydrogens (tertiary/aromatic N) is 2. The van der Waals surface area contributed by atoms with E-state index < -0.39 is 0 Å². The molecule has 13 aromatic rings. The van der Waals surface area contributed by atoms with Crippen LogP contribution in [0.1, 0.15) is 0 Å². The van der Waals surface area contributed by atoms with Crippen molar-refractivity contribution in [2.45, 2.75) is 0 Å². The Hall–Kier alpha value is -8.98. The summed E-state index contributed by atoms with van der Waals surface area (Å²) in [4.78, 5) is 0. The normalized spacial score (nSPS) is 11.8. The molecule has 0 saturated carbocycles. The number of hydrogen-bond acceptors (Lipinski definition) is 0. The Kier molecular flexibility index (Phi) is 8.62. The predicted octanol–water partition coefficient (Wildman–Crippen LogP) is 17.9.